The van der Waals surface area contributed by atoms with Crippen LogP contribution in [0.2, 0.25) is 0 Å². The Bertz CT molecular complexity index is 564. The van der Waals surface area contributed by atoms with Gasteiger partial charge in [0.05, 0.1) is 0 Å². The van der Waals surface area contributed by atoms with Crippen molar-refractivity contribution in [3.63, 3.8) is 0 Å². The molecule has 0 saturated heterocycles. The van der Waals surface area contributed by atoms with Gasteiger partial charge >= 0.3 is 0 Å². The monoisotopic (exact) mass is 271 g/mol. The predicted octanol–water partition coefficient (Wildman–Crippen LogP) is 5.17. The highest BCUT2D eigenvalue weighted by atomic mass is 16.3. The van der Waals surface area contributed by atoms with E-state index in [0.29, 0.717) is 11.8 Å². The van der Waals surface area contributed by atoms with Gasteiger partial charge in [-0.2, -0.15) is 0 Å². The Labute approximate surface area is 121 Å². The van der Waals surface area contributed by atoms with Crippen molar-refractivity contribution >= 4 is 16.5 Å². The molecule has 0 fully saturated rings. The Morgan fingerprint density at radius 3 is 2.40 bits per heavy atom. The summed E-state index contributed by atoms with van der Waals surface area (Å²) in [4.78, 5) is 0. The van der Waals surface area contributed by atoms with E-state index in [4.69, 9.17) is 0 Å². The lowest BCUT2D eigenvalue weighted by atomic mass is 9.97. The Morgan fingerprint density at radius 2 is 1.70 bits per heavy atom. The van der Waals surface area contributed by atoms with Crippen LogP contribution in [0.15, 0.2) is 36.4 Å². The quantitative estimate of drug-likeness (QED) is 0.759. The lowest BCUT2D eigenvalue weighted by Gasteiger charge is -2.22. The molecule has 2 aromatic rings. The average Bonchev–Trinajstić information content (AvgIpc) is 2.47. The van der Waals surface area contributed by atoms with Crippen molar-refractivity contribution in [3.8, 4) is 5.75 Å². The average molecular weight is 271 g/mol. The minimum absolute atomic E-state index is 0.348. The molecule has 2 heteroatoms. The highest BCUT2D eigenvalue weighted by Gasteiger charge is 2.12. The molecule has 2 nitrogen and oxygen atoms in total. The number of phenols is 1. The van der Waals surface area contributed by atoms with Crippen LogP contribution in [0.5, 0.6) is 5.75 Å². The summed E-state index contributed by atoms with van der Waals surface area (Å²) in [7, 11) is 0. The second kappa shape index (κ2) is 6.65. The third-order valence-electron chi connectivity index (χ3n) is 4.14. The fourth-order valence-electron chi connectivity index (χ4n) is 2.62. The Balaban J connectivity index is 2.26. The number of nitrogens with one attached hydrogen (secondary N) is 1. The molecule has 2 unspecified atom stereocenters. The van der Waals surface area contributed by atoms with Crippen LogP contribution in [0, 0.1) is 5.92 Å². The fourth-order valence-corrected chi connectivity index (χ4v) is 2.62. The molecule has 2 aromatic carbocycles. The van der Waals surface area contributed by atoms with E-state index in [1.807, 2.05) is 18.2 Å². The van der Waals surface area contributed by atoms with Crippen molar-refractivity contribution in [1.29, 1.82) is 0 Å². The molecule has 2 N–H and O–H groups in total. The second-order valence-electron chi connectivity index (χ2n) is 5.68. The lowest BCUT2D eigenvalue weighted by molar-refractivity contribution is 0.462. The highest BCUT2D eigenvalue weighted by molar-refractivity contribution is 5.97. The van der Waals surface area contributed by atoms with Crippen LogP contribution in [0.3, 0.4) is 0 Å². The maximum Gasteiger partial charge on any atom is 0.123 e. The number of fused-ring (bicyclic) bond motifs is 1. The summed E-state index contributed by atoms with van der Waals surface area (Å²) in [5.74, 6) is 1.08. The topological polar surface area (TPSA) is 32.3 Å². The molecule has 20 heavy (non-hydrogen) atoms. The molecular weight excluding hydrogens is 246 g/mol. The summed E-state index contributed by atoms with van der Waals surface area (Å²) in [6, 6.07) is 12.2. The normalized spacial score (nSPS) is 14.2. The molecule has 0 saturated carbocycles. The third kappa shape index (κ3) is 3.24. The minimum atomic E-state index is 0.348. The van der Waals surface area contributed by atoms with E-state index in [1.54, 1.807) is 6.07 Å². The summed E-state index contributed by atoms with van der Waals surface area (Å²) >= 11 is 0. The molecule has 0 radical (unpaired) electrons. The summed E-state index contributed by atoms with van der Waals surface area (Å²) in [6.07, 6.45) is 3.51. The van der Waals surface area contributed by atoms with Gasteiger partial charge in [0, 0.05) is 22.5 Å². The van der Waals surface area contributed by atoms with Gasteiger partial charge in [0.15, 0.2) is 0 Å². The molecule has 0 heterocycles. The first-order valence-corrected chi connectivity index (χ1v) is 7.62. The van der Waals surface area contributed by atoms with Gasteiger partial charge < -0.3 is 10.4 Å². The minimum Gasteiger partial charge on any atom is -0.507 e. The number of benzene rings is 2. The molecule has 0 bridgehead atoms. The van der Waals surface area contributed by atoms with E-state index in [2.05, 4.69) is 38.2 Å². The van der Waals surface area contributed by atoms with Crippen LogP contribution >= 0.6 is 0 Å². The smallest absolute Gasteiger partial charge is 0.123 e. The molecule has 0 aliphatic rings. The van der Waals surface area contributed by atoms with E-state index in [0.717, 1.165) is 28.8 Å². The lowest BCUT2D eigenvalue weighted by Crippen LogP contribution is -2.21. The third-order valence-corrected chi connectivity index (χ3v) is 4.14. The Morgan fingerprint density at radius 1 is 1.00 bits per heavy atom. The van der Waals surface area contributed by atoms with Crippen molar-refractivity contribution in [3.05, 3.63) is 36.4 Å². The van der Waals surface area contributed by atoms with Gasteiger partial charge in [-0.1, -0.05) is 51.5 Å². The summed E-state index contributed by atoms with van der Waals surface area (Å²) in [5.41, 5.74) is 1.12. The number of phenolic OH excluding ortho intramolecular Hbond substituents is 1. The molecule has 0 amide bonds. The Hall–Kier alpha value is -1.70. The Kier molecular flexibility index (Phi) is 4.89. The maximum absolute atomic E-state index is 9.94. The van der Waals surface area contributed by atoms with Gasteiger partial charge in [-0.25, -0.2) is 0 Å². The SMILES string of the molecule is CCC(C)CC(CC)Nc1cccc2c(O)cccc12. The molecule has 0 aliphatic carbocycles. The van der Waals surface area contributed by atoms with Crippen molar-refractivity contribution in [1.82, 2.24) is 0 Å². The zero-order valence-corrected chi connectivity index (χ0v) is 12.7. The molecule has 0 aromatic heterocycles. The van der Waals surface area contributed by atoms with Gasteiger partial charge in [-0.05, 0) is 30.9 Å². The van der Waals surface area contributed by atoms with Crippen LogP contribution in [0.1, 0.15) is 40.0 Å². The van der Waals surface area contributed by atoms with Gasteiger partial charge in [0.2, 0.25) is 0 Å². The van der Waals surface area contributed by atoms with E-state index in [1.165, 1.54) is 12.8 Å². The van der Waals surface area contributed by atoms with Crippen molar-refractivity contribution in [2.45, 2.75) is 46.1 Å². The zero-order valence-electron chi connectivity index (χ0n) is 12.7. The highest BCUT2D eigenvalue weighted by Crippen LogP contribution is 2.31. The molecule has 108 valence electrons. The molecule has 2 atom stereocenters. The first kappa shape index (κ1) is 14.7. The van der Waals surface area contributed by atoms with Crippen LogP contribution in [0.4, 0.5) is 5.69 Å². The van der Waals surface area contributed by atoms with E-state index in [9.17, 15) is 5.11 Å². The van der Waals surface area contributed by atoms with E-state index in [-0.39, 0.29) is 0 Å². The van der Waals surface area contributed by atoms with Gasteiger partial charge in [-0.3, -0.25) is 0 Å². The van der Waals surface area contributed by atoms with Gasteiger partial charge in [0.25, 0.3) is 0 Å². The summed E-state index contributed by atoms with van der Waals surface area (Å²) < 4.78 is 0. The molecule has 2 rings (SSSR count). The second-order valence-corrected chi connectivity index (χ2v) is 5.68. The number of aromatic hydroxyl groups is 1. The van der Waals surface area contributed by atoms with Crippen molar-refractivity contribution in [2.24, 2.45) is 5.92 Å². The van der Waals surface area contributed by atoms with E-state index >= 15 is 0 Å². The zero-order chi connectivity index (χ0) is 14.5. The van der Waals surface area contributed by atoms with Crippen LogP contribution in [-0.2, 0) is 0 Å². The number of anilines is 1. The summed E-state index contributed by atoms with van der Waals surface area (Å²) in [6.45, 7) is 6.77. The molecule has 0 aliphatic heterocycles. The van der Waals surface area contributed by atoms with Crippen molar-refractivity contribution in [2.75, 3.05) is 5.32 Å². The van der Waals surface area contributed by atoms with Crippen LogP contribution in [0.25, 0.3) is 10.8 Å². The number of rotatable bonds is 6. The number of hydrogen-bond acceptors (Lipinski definition) is 2. The first-order valence-electron chi connectivity index (χ1n) is 7.62. The van der Waals surface area contributed by atoms with Gasteiger partial charge in [-0.15, -0.1) is 0 Å². The predicted molar refractivity (Wildman–Crippen MR) is 87.4 cm³/mol. The number of hydrogen-bond donors (Lipinski definition) is 2. The van der Waals surface area contributed by atoms with Crippen molar-refractivity contribution < 1.29 is 5.11 Å². The summed E-state index contributed by atoms with van der Waals surface area (Å²) in [5, 5.41) is 15.6. The maximum atomic E-state index is 9.94. The van der Waals surface area contributed by atoms with E-state index < -0.39 is 0 Å². The van der Waals surface area contributed by atoms with Crippen LogP contribution in [-0.4, -0.2) is 11.1 Å². The fraction of sp³-hybridized carbons (Fsp3) is 0.444. The van der Waals surface area contributed by atoms with Crippen LogP contribution < -0.4 is 5.32 Å². The largest absolute Gasteiger partial charge is 0.507 e. The standard InChI is InChI=1S/C18H25NO/c1-4-13(3)12-14(5-2)19-17-10-6-9-16-15(17)8-7-11-18(16)20/h6-11,13-14,19-20H,4-5,12H2,1-3H3. The molecular formula is C18H25NO. The van der Waals surface area contributed by atoms with Gasteiger partial charge in [0.1, 0.15) is 5.75 Å². The molecule has 0 spiro atoms. The first-order chi connectivity index (χ1) is 9.65.